The Hall–Kier alpha value is -2.07. The Bertz CT molecular complexity index is 836. The fourth-order valence-corrected chi connectivity index (χ4v) is 3.48. The summed E-state index contributed by atoms with van der Waals surface area (Å²) in [5.74, 6) is -0.801. The summed E-state index contributed by atoms with van der Waals surface area (Å²) in [6.07, 6.45) is 2.09. The molecule has 114 valence electrons. The van der Waals surface area contributed by atoms with Crippen molar-refractivity contribution in [2.45, 2.75) is 32.6 Å². The molecule has 0 atom stereocenters. The van der Waals surface area contributed by atoms with Gasteiger partial charge in [0.2, 0.25) is 0 Å². The van der Waals surface area contributed by atoms with E-state index in [1.807, 2.05) is 16.0 Å². The molecule has 0 aliphatic heterocycles. The summed E-state index contributed by atoms with van der Waals surface area (Å²) in [4.78, 5) is 12.0. The van der Waals surface area contributed by atoms with Crippen molar-refractivity contribution in [3.05, 3.63) is 53.2 Å². The average molecular weight is 313 g/mol. The van der Waals surface area contributed by atoms with Crippen molar-refractivity contribution in [2.24, 2.45) is 0 Å². The molecular weight excluding hydrogens is 294 g/mol. The Morgan fingerprint density at radius 2 is 2.00 bits per heavy atom. The molecule has 1 aromatic carbocycles. The zero-order chi connectivity index (χ0) is 15.9. The van der Waals surface area contributed by atoms with Crippen LogP contribution in [0.4, 0.5) is 0 Å². The number of nitrogens with zero attached hydrogens (tertiary/aromatic N) is 1. The first kappa shape index (κ1) is 14.9. The van der Waals surface area contributed by atoms with Gasteiger partial charge in [0.05, 0.1) is 11.3 Å². The molecule has 3 aromatic rings. The van der Waals surface area contributed by atoms with Gasteiger partial charge in [0.1, 0.15) is 0 Å². The lowest BCUT2D eigenvalue weighted by Crippen LogP contribution is -2.10. The van der Waals surface area contributed by atoms with Gasteiger partial charge in [0, 0.05) is 22.8 Å². The number of aromatic nitrogens is 1. The quantitative estimate of drug-likeness (QED) is 0.768. The molecule has 0 aliphatic carbocycles. The van der Waals surface area contributed by atoms with Gasteiger partial charge in [-0.2, -0.15) is 0 Å². The van der Waals surface area contributed by atoms with Crippen LogP contribution in [0.5, 0.6) is 0 Å². The van der Waals surface area contributed by atoms with Crippen molar-refractivity contribution >= 4 is 22.1 Å². The van der Waals surface area contributed by atoms with Crippen LogP contribution in [0.2, 0.25) is 0 Å². The fraction of sp³-hybridized carbons (Fsp3) is 0.278. The topological polar surface area (TPSA) is 41.7 Å². The molecule has 3 nitrogen and oxygen atoms in total. The van der Waals surface area contributed by atoms with Crippen LogP contribution in [-0.4, -0.2) is 15.5 Å². The van der Waals surface area contributed by atoms with Crippen LogP contribution in [0.1, 0.15) is 32.0 Å². The molecule has 0 bridgehead atoms. The van der Waals surface area contributed by atoms with Gasteiger partial charge < -0.3 is 9.51 Å². The monoisotopic (exact) mass is 313 g/mol. The number of benzene rings is 1. The van der Waals surface area contributed by atoms with Gasteiger partial charge in [0.25, 0.3) is 0 Å². The molecule has 0 radical (unpaired) electrons. The molecule has 0 aliphatic rings. The lowest BCUT2D eigenvalue weighted by atomic mass is 9.86. The van der Waals surface area contributed by atoms with E-state index in [9.17, 15) is 4.79 Å². The highest BCUT2D eigenvalue weighted by Gasteiger charge is 2.15. The van der Waals surface area contributed by atoms with Gasteiger partial charge in [-0.3, -0.25) is 4.79 Å². The summed E-state index contributed by atoms with van der Waals surface area (Å²) in [6, 6.07) is 10.7. The standard InChI is InChI=1S/C18H19NO2S/c1-18(2,3)14-6-4-5-12(7-14)13-8-16-19(10-13)15(11-22-16)9-17(20)21/h4-8,10-11H,9H2,1-3H3,(H,20,21). The van der Waals surface area contributed by atoms with E-state index in [1.165, 1.54) is 11.1 Å². The van der Waals surface area contributed by atoms with Gasteiger partial charge in [-0.25, -0.2) is 0 Å². The van der Waals surface area contributed by atoms with E-state index in [2.05, 4.69) is 51.1 Å². The molecule has 22 heavy (non-hydrogen) atoms. The first-order valence-corrected chi connectivity index (χ1v) is 8.14. The Balaban J connectivity index is 2.04. The molecular formula is C18H19NO2S. The smallest absolute Gasteiger partial charge is 0.309 e. The SMILES string of the molecule is CC(C)(C)c1cccc(-c2cc3scc(CC(=O)O)n3c2)c1. The maximum absolute atomic E-state index is 10.9. The first-order valence-electron chi connectivity index (χ1n) is 7.26. The molecule has 0 unspecified atom stereocenters. The van der Waals surface area contributed by atoms with Gasteiger partial charge in [0.15, 0.2) is 0 Å². The predicted octanol–water partition coefficient (Wildman–Crippen LogP) is 4.59. The minimum Gasteiger partial charge on any atom is -0.481 e. The summed E-state index contributed by atoms with van der Waals surface area (Å²) in [5.41, 5.74) is 4.53. The Labute approximate surface area is 133 Å². The highest BCUT2D eigenvalue weighted by Crippen LogP contribution is 2.30. The van der Waals surface area contributed by atoms with E-state index in [0.29, 0.717) is 0 Å². The van der Waals surface area contributed by atoms with Crippen molar-refractivity contribution in [3.8, 4) is 11.1 Å². The van der Waals surface area contributed by atoms with Crippen LogP contribution in [-0.2, 0) is 16.6 Å². The molecule has 0 saturated carbocycles. The van der Waals surface area contributed by atoms with Crippen LogP contribution < -0.4 is 0 Å². The summed E-state index contributed by atoms with van der Waals surface area (Å²) in [6.45, 7) is 6.61. The van der Waals surface area contributed by atoms with Crippen molar-refractivity contribution in [2.75, 3.05) is 0 Å². The van der Waals surface area contributed by atoms with E-state index in [0.717, 1.165) is 16.1 Å². The van der Waals surface area contributed by atoms with Crippen LogP contribution >= 0.6 is 11.3 Å². The van der Waals surface area contributed by atoms with Crippen LogP contribution in [0.25, 0.3) is 16.0 Å². The maximum atomic E-state index is 10.9. The first-order chi connectivity index (χ1) is 10.3. The molecule has 0 saturated heterocycles. The van der Waals surface area contributed by atoms with Gasteiger partial charge in [-0.1, -0.05) is 45.0 Å². The Kier molecular flexibility index (Phi) is 3.57. The third-order valence-corrected chi connectivity index (χ3v) is 4.75. The number of thiazole rings is 1. The molecule has 2 aromatic heterocycles. The minimum absolute atomic E-state index is 0.0517. The second-order valence-electron chi connectivity index (χ2n) is 6.57. The molecule has 1 N–H and O–H groups in total. The molecule has 0 fully saturated rings. The normalized spacial score (nSPS) is 12.0. The number of rotatable bonds is 3. The summed E-state index contributed by atoms with van der Waals surface area (Å²) in [5, 5.41) is 10.9. The van der Waals surface area contributed by atoms with Gasteiger partial charge in [-0.05, 0) is 22.6 Å². The van der Waals surface area contributed by atoms with E-state index in [1.54, 1.807) is 11.3 Å². The van der Waals surface area contributed by atoms with Crippen molar-refractivity contribution in [3.63, 3.8) is 0 Å². The third kappa shape index (κ3) is 2.79. The van der Waals surface area contributed by atoms with E-state index >= 15 is 0 Å². The van der Waals surface area contributed by atoms with Crippen molar-refractivity contribution in [1.29, 1.82) is 0 Å². The van der Waals surface area contributed by atoms with Crippen molar-refractivity contribution < 1.29 is 9.90 Å². The number of hydrogen-bond donors (Lipinski definition) is 1. The van der Waals surface area contributed by atoms with E-state index < -0.39 is 5.97 Å². The fourth-order valence-electron chi connectivity index (χ4n) is 2.55. The van der Waals surface area contributed by atoms with Crippen molar-refractivity contribution in [1.82, 2.24) is 4.40 Å². The van der Waals surface area contributed by atoms with E-state index in [-0.39, 0.29) is 11.8 Å². The summed E-state index contributed by atoms with van der Waals surface area (Å²) >= 11 is 1.58. The molecule has 2 heterocycles. The van der Waals surface area contributed by atoms with E-state index in [4.69, 9.17) is 5.11 Å². The molecule has 0 amide bonds. The van der Waals surface area contributed by atoms with Crippen LogP contribution in [0, 0.1) is 0 Å². The summed E-state index contributed by atoms with van der Waals surface area (Å²) in [7, 11) is 0. The minimum atomic E-state index is -0.801. The molecule has 0 spiro atoms. The van der Waals surface area contributed by atoms with Crippen LogP contribution in [0.3, 0.4) is 0 Å². The number of fused-ring (bicyclic) bond motifs is 1. The number of carbonyl (C=O) groups is 1. The third-order valence-electron chi connectivity index (χ3n) is 3.80. The van der Waals surface area contributed by atoms with Gasteiger partial charge >= 0.3 is 5.97 Å². The number of carboxylic acid groups (broad SMARTS) is 1. The predicted molar refractivity (Wildman–Crippen MR) is 90.7 cm³/mol. The number of aliphatic carboxylic acids is 1. The average Bonchev–Trinajstić information content (AvgIpc) is 3.00. The lowest BCUT2D eigenvalue weighted by molar-refractivity contribution is -0.136. The summed E-state index contributed by atoms with van der Waals surface area (Å²) < 4.78 is 1.98. The zero-order valence-electron chi connectivity index (χ0n) is 13.0. The zero-order valence-corrected chi connectivity index (χ0v) is 13.8. The maximum Gasteiger partial charge on any atom is 0.309 e. The molecule has 3 rings (SSSR count). The Morgan fingerprint density at radius 3 is 2.68 bits per heavy atom. The largest absolute Gasteiger partial charge is 0.481 e. The highest BCUT2D eigenvalue weighted by atomic mass is 32.1. The van der Waals surface area contributed by atoms with Gasteiger partial charge in [-0.15, -0.1) is 11.3 Å². The highest BCUT2D eigenvalue weighted by molar-refractivity contribution is 7.15. The second kappa shape index (κ2) is 5.29. The number of carboxylic acids is 1. The Morgan fingerprint density at radius 1 is 1.23 bits per heavy atom. The number of hydrogen-bond acceptors (Lipinski definition) is 2. The lowest BCUT2D eigenvalue weighted by Gasteiger charge is -2.19. The second-order valence-corrected chi connectivity index (χ2v) is 7.46. The van der Waals surface area contributed by atoms with Crippen LogP contribution in [0.15, 0.2) is 41.9 Å². The molecule has 4 heteroatoms.